The van der Waals surface area contributed by atoms with Gasteiger partial charge in [0.25, 0.3) is 5.91 Å². The molecule has 0 radical (unpaired) electrons. The minimum Gasteiger partial charge on any atom is -0.478 e. The van der Waals surface area contributed by atoms with Gasteiger partial charge in [-0.2, -0.15) is 10.2 Å². The lowest BCUT2D eigenvalue weighted by molar-refractivity contribution is 0.0774. The molecule has 0 N–H and O–H groups in total. The van der Waals surface area contributed by atoms with Crippen molar-refractivity contribution in [3.63, 3.8) is 0 Å². The van der Waals surface area contributed by atoms with Crippen molar-refractivity contribution in [2.75, 3.05) is 13.7 Å². The van der Waals surface area contributed by atoms with Crippen molar-refractivity contribution in [3.8, 4) is 5.88 Å². The van der Waals surface area contributed by atoms with Gasteiger partial charge in [-0.15, -0.1) is 0 Å². The number of hydrogen-bond acceptors (Lipinski definition) is 4. The first-order valence-electron chi connectivity index (χ1n) is 7.00. The second-order valence-electron chi connectivity index (χ2n) is 5.31. The maximum Gasteiger partial charge on any atom is 0.274 e. The van der Waals surface area contributed by atoms with E-state index in [-0.39, 0.29) is 5.91 Å². The maximum atomic E-state index is 12.6. The molecule has 0 fully saturated rings. The number of hydrogen-bond donors (Lipinski definition) is 0. The zero-order chi connectivity index (χ0) is 15.0. The highest BCUT2D eigenvalue weighted by Gasteiger charge is 2.25. The van der Waals surface area contributed by atoms with Crippen LogP contribution in [-0.2, 0) is 20.1 Å². The Morgan fingerprint density at radius 1 is 1.52 bits per heavy atom. The zero-order valence-corrected chi connectivity index (χ0v) is 12.5. The Morgan fingerprint density at radius 2 is 2.33 bits per heavy atom. The quantitative estimate of drug-likeness (QED) is 0.845. The molecule has 21 heavy (non-hydrogen) atoms. The van der Waals surface area contributed by atoms with E-state index in [1.807, 2.05) is 20.0 Å². The number of nitrogens with zero attached hydrogens (tertiary/aromatic N) is 5. The lowest BCUT2D eigenvalue weighted by atomic mass is 10.2. The highest BCUT2D eigenvalue weighted by molar-refractivity contribution is 5.94. The van der Waals surface area contributed by atoms with Crippen LogP contribution in [0.2, 0.25) is 0 Å². The molecular weight excluding hydrogens is 270 g/mol. The average molecular weight is 289 g/mol. The van der Waals surface area contributed by atoms with Gasteiger partial charge in [0.1, 0.15) is 0 Å². The summed E-state index contributed by atoms with van der Waals surface area (Å²) in [5.41, 5.74) is 2.26. The van der Waals surface area contributed by atoms with E-state index >= 15 is 0 Å². The number of aromatic nitrogens is 4. The summed E-state index contributed by atoms with van der Waals surface area (Å²) >= 11 is 0. The number of carbonyl (C=O) groups is 1. The van der Waals surface area contributed by atoms with Crippen LogP contribution in [-0.4, -0.2) is 44.0 Å². The number of ether oxygens (including phenoxy) is 1. The fourth-order valence-corrected chi connectivity index (χ4v) is 2.51. The first-order valence-corrected chi connectivity index (χ1v) is 7.00. The molecule has 1 amide bonds. The van der Waals surface area contributed by atoms with Crippen LogP contribution in [0, 0.1) is 6.92 Å². The average Bonchev–Trinajstić information content (AvgIpc) is 3.03. The molecule has 3 heterocycles. The monoisotopic (exact) mass is 289 g/mol. The van der Waals surface area contributed by atoms with E-state index in [9.17, 15) is 4.79 Å². The Balaban J connectivity index is 1.82. The Morgan fingerprint density at radius 3 is 3.00 bits per heavy atom. The summed E-state index contributed by atoms with van der Waals surface area (Å²) in [4.78, 5) is 14.2. The minimum atomic E-state index is -0.0980. The summed E-state index contributed by atoms with van der Waals surface area (Å²) in [5, 5.41) is 8.51. The third-order valence-electron chi connectivity index (χ3n) is 3.76. The molecule has 3 rings (SSSR count). The third-order valence-corrected chi connectivity index (χ3v) is 3.76. The molecule has 0 aliphatic carbocycles. The molecule has 0 saturated carbocycles. The van der Waals surface area contributed by atoms with Crippen LogP contribution >= 0.6 is 0 Å². The molecule has 0 bridgehead atoms. The molecule has 0 saturated heterocycles. The van der Waals surface area contributed by atoms with Crippen LogP contribution < -0.4 is 4.74 Å². The second kappa shape index (κ2) is 5.23. The minimum absolute atomic E-state index is 0.0980. The molecule has 1 aliphatic heterocycles. The molecule has 0 atom stereocenters. The van der Waals surface area contributed by atoms with Gasteiger partial charge in [-0.05, 0) is 13.0 Å². The summed E-state index contributed by atoms with van der Waals surface area (Å²) in [6.45, 7) is 3.87. The maximum absolute atomic E-state index is 12.6. The second-order valence-corrected chi connectivity index (χ2v) is 5.31. The van der Waals surface area contributed by atoms with Gasteiger partial charge in [0, 0.05) is 38.8 Å². The number of carbonyl (C=O) groups excluding carboxylic acids is 1. The summed E-state index contributed by atoms with van der Waals surface area (Å²) in [5.74, 6) is 0.623. The van der Waals surface area contributed by atoms with Crippen molar-refractivity contribution in [1.29, 1.82) is 0 Å². The van der Waals surface area contributed by atoms with E-state index in [2.05, 4.69) is 10.2 Å². The summed E-state index contributed by atoms with van der Waals surface area (Å²) < 4.78 is 9.15. The molecule has 2 aromatic rings. The fourth-order valence-electron chi connectivity index (χ4n) is 2.51. The number of aryl methyl sites for hydroxylation is 2. The number of amides is 1. The largest absolute Gasteiger partial charge is 0.478 e. The van der Waals surface area contributed by atoms with Gasteiger partial charge < -0.3 is 9.64 Å². The standard InChI is InChI=1S/C14H19N5O2/c1-10-12(16-19-7-4-8-21-14(10)19)13(20)17(2)9-11-5-6-15-18(11)3/h5-6H,4,7-9H2,1-3H3. The van der Waals surface area contributed by atoms with Crippen LogP contribution in [0.1, 0.15) is 28.2 Å². The zero-order valence-electron chi connectivity index (χ0n) is 12.5. The van der Waals surface area contributed by atoms with Crippen LogP contribution in [0.25, 0.3) is 0 Å². The Kier molecular flexibility index (Phi) is 3.40. The first-order chi connectivity index (χ1) is 10.1. The molecule has 2 aromatic heterocycles. The van der Waals surface area contributed by atoms with Crippen molar-refractivity contribution < 1.29 is 9.53 Å². The SMILES string of the molecule is Cc1c(C(=O)N(C)Cc2ccnn2C)nn2c1OCCC2. The Hall–Kier alpha value is -2.31. The van der Waals surface area contributed by atoms with E-state index in [4.69, 9.17) is 4.74 Å². The molecule has 0 spiro atoms. The van der Waals surface area contributed by atoms with E-state index in [0.717, 1.165) is 30.1 Å². The molecule has 0 unspecified atom stereocenters. The normalized spacial score (nSPS) is 13.7. The van der Waals surface area contributed by atoms with E-state index in [0.29, 0.717) is 18.8 Å². The van der Waals surface area contributed by atoms with Gasteiger partial charge in [-0.1, -0.05) is 0 Å². The van der Waals surface area contributed by atoms with Crippen LogP contribution in [0.15, 0.2) is 12.3 Å². The summed E-state index contributed by atoms with van der Waals surface area (Å²) in [7, 11) is 3.63. The molecule has 0 aromatic carbocycles. The van der Waals surface area contributed by atoms with Gasteiger partial charge in [-0.3, -0.25) is 9.48 Å². The number of rotatable bonds is 3. The van der Waals surface area contributed by atoms with Gasteiger partial charge in [0.15, 0.2) is 5.69 Å². The highest BCUT2D eigenvalue weighted by Crippen LogP contribution is 2.25. The van der Waals surface area contributed by atoms with Crippen LogP contribution in [0.3, 0.4) is 0 Å². The lowest BCUT2D eigenvalue weighted by Gasteiger charge is -2.16. The van der Waals surface area contributed by atoms with Crippen LogP contribution in [0.4, 0.5) is 0 Å². The van der Waals surface area contributed by atoms with Gasteiger partial charge in [0.2, 0.25) is 5.88 Å². The van der Waals surface area contributed by atoms with Crippen LogP contribution in [0.5, 0.6) is 5.88 Å². The Labute approximate surface area is 123 Å². The van der Waals surface area contributed by atoms with Crippen molar-refractivity contribution in [1.82, 2.24) is 24.5 Å². The van der Waals surface area contributed by atoms with Gasteiger partial charge in [-0.25, -0.2) is 4.68 Å². The van der Waals surface area contributed by atoms with E-state index in [1.54, 1.807) is 27.5 Å². The van der Waals surface area contributed by atoms with Gasteiger partial charge >= 0.3 is 0 Å². The first kappa shape index (κ1) is 13.7. The molecule has 7 nitrogen and oxygen atoms in total. The van der Waals surface area contributed by atoms with Gasteiger partial charge in [0.05, 0.1) is 18.8 Å². The van der Waals surface area contributed by atoms with E-state index < -0.39 is 0 Å². The number of fused-ring (bicyclic) bond motifs is 1. The molecule has 1 aliphatic rings. The summed E-state index contributed by atoms with van der Waals surface area (Å²) in [6, 6.07) is 1.90. The highest BCUT2D eigenvalue weighted by atomic mass is 16.5. The lowest BCUT2D eigenvalue weighted by Crippen LogP contribution is -2.28. The predicted octanol–water partition coefficient (Wildman–Crippen LogP) is 0.980. The van der Waals surface area contributed by atoms with E-state index in [1.165, 1.54) is 0 Å². The predicted molar refractivity (Wildman–Crippen MR) is 76.1 cm³/mol. The van der Waals surface area contributed by atoms with Crippen molar-refractivity contribution in [2.24, 2.45) is 7.05 Å². The molecule has 7 heteroatoms. The molecular formula is C14H19N5O2. The summed E-state index contributed by atoms with van der Waals surface area (Å²) in [6.07, 6.45) is 2.65. The smallest absolute Gasteiger partial charge is 0.274 e. The molecule has 112 valence electrons. The van der Waals surface area contributed by atoms with Crippen molar-refractivity contribution >= 4 is 5.91 Å². The Bertz CT molecular complexity index is 673. The topological polar surface area (TPSA) is 65.2 Å². The van der Waals surface area contributed by atoms with Crippen molar-refractivity contribution in [3.05, 3.63) is 29.2 Å². The van der Waals surface area contributed by atoms with Crippen molar-refractivity contribution in [2.45, 2.75) is 26.4 Å². The third kappa shape index (κ3) is 2.39. The fraction of sp³-hybridized carbons (Fsp3) is 0.500.